The fraction of sp³-hybridized carbons (Fsp3) is 0.312. The van der Waals surface area contributed by atoms with Crippen molar-refractivity contribution in [3.05, 3.63) is 46.1 Å². The van der Waals surface area contributed by atoms with Gasteiger partial charge in [-0.3, -0.25) is 4.79 Å². The molecule has 120 valence electrons. The zero-order valence-electron chi connectivity index (χ0n) is 12.7. The number of rotatable bonds is 3. The second-order valence-corrected chi connectivity index (χ2v) is 6.28. The summed E-state index contributed by atoms with van der Waals surface area (Å²) in [6, 6.07) is 3.33. The molecule has 0 aliphatic carbocycles. The molecule has 1 amide bonds. The number of hydrogen-bond acceptors (Lipinski definition) is 4. The van der Waals surface area contributed by atoms with Crippen LogP contribution in [0.4, 0.5) is 4.39 Å². The molecule has 2 aromatic rings. The Morgan fingerprint density at radius 3 is 2.83 bits per heavy atom. The molecule has 7 heteroatoms. The molecule has 1 aromatic heterocycles. The Balaban J connectivity index is 2.26. The van der Waals surface area contributed by atoms with Gasteiger partial charge in [-0.25, -0.2) is 14.4 Å². The molecule has 0 radical (unpaired) electrons. The lowest BCUT2D eigenvalue weighted by Gasteiger charge is -2.22. The second kappa shape index (κ2) is 5.54. The van der Waals surface area contributed by atoms with E-state index in [0.29, 0.717) is 17.5 Å². The van der Waals surface area contributed by atoms with Crippen LogP contribution < -0.4 is 5.32 Å². The Kier molecular flexibility index (Phi) is 3.82. The lowest BCUT2D eigenvalue weighted by atomic mass is 9.86. The third-order valence-corrected chi connectivity index (χ3v) is 4.07. The molecular formula is C16H15ClFN3O2. The van der Waals surface area contributed by atoms with Gasteiger partial charge in [-0.05, 0) is 55.1 Å². The molecule has 0 saturated carbocycles. The number of hydrogen-bond donors (Lipinski definition) is 2. The van der Waals surface area contributed by atoms with E-state index < -0.39 is 11.4 Å². The van der Waals surface area contributed by atoms with Crippen molar-refractivity contribution in [1.82, 2.24) is 15.3 Å². The van der Waals surface area contributed by atoms with Gasteiger partial charge in [0.25, 0.3) is 5.91 Å². The highest BCUT2D eigenvalue weighted by atomic mass is 35.5. The summed E-state index contributed by atoms with van der Waals surface area (Å²) < 4.78 is 14.0. The van der Waals surface area contributed by atoms with Gasteiger partial charge in [0.1, 0.15) is 5.69 Å². The molecule has 3 rings (SSSR count). The predicted molar refractivity (Wildman–Crippen MR) is 83.7 cm³/mol. The molecule has 0 atom stereocenters. The minimum absolute atomic E-state index is 0.0319. The maximum atomic E-state index is 14.0. The standard InChI is InChI=1S/C16H15ClFN3O2/c1-16(2)12-8(3-4-22)5-9(6-10(12)14(23)21-16)13-11(18)7-19-15(17)20-13/h5-7,22H,3-4H2,1-2H3,(H,21,23). The number of nitrogens with one attached hydrogen (secondary N) is 1. The van der Waals surface area contributed by atoms with E-state index in [1.807, 2.05) is 13.8 Å². The van der Waals surface area contributed by atoms with Crippen LogP contribution in [-0.4, -0.2) is 27.6 Å². The molecule has 0 saturated heterocycles. The van der Waals surface area contributed by atoms with E-state index in [1.165, 1.54) is 0 Å². The number of aliphatic hydroxyl groups excluding tert-OH is 1. The second-order valence-electron chi connectivity index (χ2n) is 5.95. The Labute approximate surface area is 137 Å². The molecule has 0 bridgehead atoms. The van der Waals surface area contributed by atoms with Crippen LogP contribution >= 0.6 is 11.6 Å². The van der Waals surface area contributed by atoms with Crippen molar-refractivity contribution in [1.29, 1.82) is 0 Å². The first kappa shape index (κ1) is 15.8. The van der Waals surface area contributed by atoms with Crippen LogP contribution in [0.15, 0.2) is 18.3 Å². The molecule has 0 spiro atoms. The largest absolute Gasteiger partial charge is 0.396 e. The number of halogens is 2. The molecular weight excluding hydrogens is 321 g/mol. The highest BCUT2D eigenvalue weighted by molar-refractivity contribution is 6.28. The Hall–Kier alpha value is -2.05. The maximum Gasteiger partial charge on any atom is 0.252 e. The molecule has 1 aromatic carbocycles. The summed E-state index contributed by atoms with van der Waals surface area (Å²) in [6.07, 6.45) is 1.35. The third-order valence-electron chi connectivity index (χ3n) is 3.88. The lowest BCUT2D eigenvalue weighted by molar-refractivity contribution is 0.0940. The molecule has 2 heterocycles. The van der Waals surface area contributed by atoms with Gasteiger partial charge in [-0.2, -0.15) is 0 Å². The number of amides is 1. The lowest BCUT2D eigenvalue weighted by Crippen LogP contribution is -2.33. The Bertz CT molecular complexity index is 808. The van der Waals surface area contributed by atoms with E-state index in [2.05, 4.69) is 15.3 Å². The first-order valence-corrected chi connectivity index (χ1v) is 7.50. The van der Waals surface area contributed by atoms with E-state index in [4.69, 9.17) is 11.6 Å². The quantitative estimate of drug-likeness (QED) is 0.845. The van der Waals surface area contributed by atoms with Gasteiger partial charge >= 0.3 is 0 Å². The molecule has 1 aliphatic rings. The summed E-state index contributed by atoms with van der Waals surface area (Å²) in [4.78, 5) is 19.8. The van der Waals surface area contributed by atoms with Crippen LogP contribution in [0.5, 0.6) is 0 Å². The highest BCUT2D eigenvalue weighted by Gasteiger charge is 2.37. The molecule has 0 fully saturated rings. The molecule has 23 heavy (non-hydrogen) atoms. The van der Waals surface area contributed by atoms with Crippen LogP contribution in [0.3, 0.4) is 0 Å². The number of nitrogens with zero attached hydrogens (tertiary/aromatic N) is 2. The van der Waals surface area contributed by atoms with Crippen LogP contribution in [0.2, 0.25) is 5.28 Å². The predicted octanol–water partition coefficient (Wildman–Crippen LogP) is 2.45. The van der Waals surface area contributed by atoms with Crippen molar-refractivity contribution < 1.29 is 14.3 Å². The van der Waals surface area contributed by atoms with Crippen LogP contribution in [0.1, 0.15) is 35.3 Å². The normalized spacial score (nSPS) is 15.4. The van der Waals surface area contributed by atoms with Gasteiger partial charge in [-0.1, -0.05) is 0 Å². The molecule has 1 aliphatic heterocycles. The van der Waals surface area contributed by atoms with Crippen molar-refractivity contribution in [2.24, 2.45) is 0 Å². The Morgan fingerprint density at radius 2 is 2.13 bits per heavy atom. The maximum absolute atomic E-state index is 14.0. The van der Waals surface area contributed by atoms with Crippen molar-refractivity contribution in [2.45, 2.75) is 25.8 Å². The zero-order chi connectivity index (χ0) is 16.8. The SMILES string of the molecule is CC1(C)NC(=O)c2cc(-c3nc(Cl)ncc3F)cc(CCO)c21. The topological polar surface area (TPSA) is 75.1 Å². The summed E-state index contributed by atoms with van der Waals surface area (Å²) in [5.74, 6) is -0.853. The summed E-state index contributed by atoms with van der Waals surface area (Å²) in [5, 5.41) is 12.1. The summed E-state index contributed by atoms with van der Waals surface area (Å²) >= 11 is 5.75. The first-order valence-electron chi connectivity index (χ1n) is 7.12. The number of benzene rings is 1. The van der Waals surface area contributed by atoms with Crippen molar-refractivity contribution in [2.75, 3.05) is 6.61 Å². The molecule has 5 nitrogen and oxygen atoms in total. The van der Waals surface area contributed by atoms with Crippen molar-refractivity contribution in [3.8, 4) is 11.3 Å². The zero-order valence-corrected chi connectivity index (χ0v) is 13.4. The van der Waals surface area contributed by atoms with E-state index in [-0.39, 0.29) is 23.5 Å². The van der Waals surface area contributed by atoms with Gasteiger partial charge in [0.15, 0.2) is 5.82 Å². The number of carbonyl (C=O) groups excluding carboxylic acids is 1. The van der Waals surface area contributed by atoms with Crippen LogP contribution in [0, 0.1) is 5.82 Å². The van der Waals surface area contributed by atoms with E-state index in [9.17, 15) is 14.3 Å². The first-order chi connectivity index (χ1) is 10.8. The number of fused-ring (bicyclic) bond motifs is 1. The fourth-order valence-electron chi connectivity index (χ4n) is 3.04. The number of aromatic nitrogens is 2. The molecule has 0 unspecified atom stereocenters. The number of aliphatic hydroxyl groups is 1. The monoisotopic (exact) mass is 335 g/mol. The number of carbonyl (C=O) groups is 1. The van der Waals surface area contributed by atoms with Gasteiger partial charge < -0.3 is 10.4 Å². The van der Waals surface area contributed by atoms with Gasteiger partial charge in [0.2, 0.25) is 5.28 Å². The van der Waals surface area contributed by atoms with Gasteiger partial charge in [0.05, 0.1) is 11.7 Å². The Morgan fingerprint density at radius 1 is 1.39 bits per heavy atom. The minimum Gasteiger partial charge on any atom is -0.396 e. The smallest absolute Gasteiger partial charge is 0.252 e. The van der Waals surface area contributed by atoms with E-state index in [1.54, 1.807) is 12.1 Å². The summed E-state index contributed by atoms with van der Waals surface area (Å²) in [6.45, 7) is 3.70. The van der Waals surface area contributed by atoms with Crippen molar-refractivity contribution >= 4 is 17.5 Å². The third kappa shape index (κ3) is 2.68. The van der Waals surface area contributed by atoms with Gasteiger partial charge in [-0.15, -0.1) is 0 Å². The van der Waals surface area contributed by atoms with Gasteiger partial charge in [0, 0.05) is 17.7 Å². The average Bonchev–Trinajstić information content (AvgIpc) is 2.71. The highest BCUT2D eigenvalue weighted by Crippen LogP contribution is 2.37. The molecule has 2 N–H and O–H groups in total. The van der Waals surface area contributed by atoms with Crippen LogP contribution in [-0.2, 0) is 12.0 Å². The average molecular weight is 336 g/mol. The summed E-state index contributed by atoms with van der Waals surface area (Å²) in [7, 11) is 0. The van der Waals surface area contributed by atoms with E-state index >= 15 is 0 Å². The summed E-state index contributed by atoms with van der Waals surface area (Å²) in [5.41, 5.74) is 1.98. The fourth-order valence-corrected chi connectivity index (χ4v) is 3.17. The van der Waals surface area contributed by atoms with Crippen LogP contribution in [0.25, 0.3) is 11.3 Å². The minimum atomic E-state index is -0.623. The van der Waals surface area contributed by atoms with Crippen molar-refractivity contribution in [3.63, 3.8) is 0 Å². The van der Waals surface area contributed by atoms with E-state index in [0.717, 1.165) is 17.3 Å².